The summed E-state index contributed by atoms with van der Waals surface area (Å²) in [7, 11) is 3.65. The molecule has 21 heavy (non-hydrogen) atoms. The van der Waals surface area contributed by atoms with Crippen molar-refractivity contribution < 1.29 is 4.79 Å². The summed E-state index contributed by atoms with van der Waals surface area (Å²) in [6.45, 7) is 4.48. The number of hydrogen-bond acceptors (Lipinski definition) is 1. The lowest BCUT2D eigenvalue weighted by atomic mass is 9.87. The third-order valence-corrected chi connectivity index (χ3v) is 4.19. The molecule has 0 heterocycles. The van der Waals surface area contributed by atoms with Gasteiger partial charge in [0, 0.05) is 19.7 Å². The molecule has 0 fully saturated rings. The Morgan fingerprint density at radius 3 is 2.33 bits per heavy atom. The molecule has 1 aromatic rings. The van der Waals surface area contributed by atoms with E-state index < -0.39 is 0 Å². The van der Waals surface area contributed by atoms with E-state index in [1.807, 2.05) is 26.2 Å². The van der Waals surface area contributed by atoms with Crippen molar-refractivity contribution in [2.24, 2.45) is 0 Å². The summed E-state index contributed by atoms with van der Waals surface area (Å²) >= 11 is 0. The predicted octanol–water partition coefficient (Wildman–Crippen LogP) is 5.24. The highest BCUT2D eigenvalue weighted by molar-refractivity contribution is 5.95. The van der Waals surface area contributed by atoms with E-state index in [9.17, 15) is 4.79 Å². The molecule has 0 aliphatic rings. The minimum absolute atomic E-state index is 0.120. The van der Waals surface area contributed by atoms with Gasteiger partial charge in [0.1, 0.15) is 0 Å². The minimum Gasteiger partial charge on any atom is -0.345 e. The van der Waals surface area contributed by atoms with Gasteiger partial charge in [0.2, 0.25) is 0 Å². The first kappa shape index (κ1) is 17.7. The van der Waals surface area contributed by atoms with Gasteiger partial charge in [-0.15, -0.1) is 0 Å². The zero-order chi connectivity index (χ0) is 15.7. The van der Waals surface area contributed by atoms with E-state index >= 15 is 0 Å². The molecule has 0 bridgehead atoms. The van der Waals surface area contributed by atoms with Crippen LogP contribution in [0.15, 0.2) is 24.3 Å². The van der Waals surface area contributed by atoms with E-state index in [4.69, 9.17) is 0 Å². The van der Waals surface area contributed by atoms with Gasteiger partial charge in [0.25, 0.3) is 5.91 Å². The van der Waals surface area contributed by atoms with E-state index in [2.05, 4.69) is 26.0 Å². The molecule has 0 aliphatic heterocycles. The van der Waals surface area contributed by atoms with Crippen molar-refractivity contribution in [2.75, 3.05) is 14.1 Å². The van der Waals surface area contributed by atoms with Crippen LogP contribution in [-0.4, -0.2) is 24.9 Å². The molecule has 0 N–H and O–H groups in total. The molecule has 118 valence electrons. The molecule has 2 nitrogen and oxygen atoms in total. The van der Waals surface area contributed by atoms with E-state index in [-0.39, 0.29) is 5.91 Å². The number of hydrogen-bond donors (Lipinski definition) is 0. The summed E-state index contributed by atoms with van der Waals surface area (Å²) in [6, 6.07) is 8.13. The van der Waals surface area contributed by atoms with Crippen LogP contribution in [-0.2, 0) is 0 Å². The highest BCUT2D eigenvalue weighted by atomic mass is 16.2. The molecular weight excluding hydrogens is 258 g/mol. The van der Waals surface area contributed by atoms with Crippen LogP contribution in [0.2, 0.25) is 0 Å². The maximum Gasteiger partial charge on any atom is 0.253 e. The van der Waals surface area contributed by atoms with Crippen LogP contribution in [0.4, 0.5) is 0 Å². The van der Waals surface area contributed by atoms with Crippen LogP contribution in [0.3, 0.4) is 0 Å². The summed E-state index contributed by atoms with van der Waals surface area (Å²) in [5.74, 6) is 0.627. The Hall–Kier alpha value is -1.31. The van der Waals surface area contributed by atoms with Crippen molar-refractivity contribution in [3.05, 3.63) is 35.4 Å². The quantitative estimate of drug-likeness (QED) is 0.569. The second kappa shape index (κ2) is 9.59. The fraction of sp³-hybridized carbons (Fsp3) is 0.632. The zero-order valence-corrected chi connectivity index (χ0v) is 14.2. The summed E-state index contributed by atoms with van der Waals surface area (Å²) in [5.41, 5.74) is 2.11. The van der Waals surface area contributed by atoms with Crippen molar-refractivity contribution in [3.63, 3.8) is 0 Å². The Morgan fingerprint density at radius 1 is 1.05 bits per heavy atom. The minimum atomic E-state index is 0.120. The Balaban J connectivity index is 2.74. The van der Waals surface area contributed by atoms with E-state index in [1.165, 1.54) is 44.1 Å². The van der Waals surface area contributed by atoms with Crippen LogP contribution in [0.25, 0.3) is 0 Å². The zero-order valence-electron chi connectivity index (χ0n) is 14.2. The summed E-state index contributed by atoms with van der Waals surface area (Å²) in [6.07, 6.45) is 8.84. The van der Waals surface area contributed by atoms with Gasteiger partial charge in [-0.1, -0.05) is 64.2 Å². The fourth-order valence-electron chi connectivity index (χ4n) is 2.86. The summed E-state index contributed by atoms with van der Waals surface area (Å²) in [4.78, 5) is 14.0. The van der Waals surface area contributed by atoms with E-state index in [0.717, 1.165) is 12.0 Å². The standard InChI is InChI=1S/C19H31NO/c1-5-7-8-9-10-13-16(6-2)17-14-11-12-15-18(17)19(21)20(3)4/h11-12,14-16H,5-10,13H2,1-4H3. The number of unbranched alkanes of at least 4 members (excludes halogenated alkanes) is 4. The first-order chi connectivity index (χ1) is 10.1. The lowest BCUT2D eigenvalue weighted by Gasteiger charge is -2.20. The SMILES string of the molecule is CCCCCCCC(CC)c1ccccc1C(=O)N(C)C. The second-order valence-corrected chi connectivity index (χ2v) is 6.09. The molecule has 1 atom stereocenters. The third-order valence-electron chi connectivity index (χ3n) is 4.19. The Labute approximate surface area is 130 Å². The number of nitrogens with zero attached hydrogens (tertiary/aromatic N) is 1. The number of carbonyl (C=O) groups is 1. The predicted molar refractivity (Wildman–Crippen MR) is 90.9 cm³/mol. The molecular formula is C19H31NO. The smallest absolute Gasteiger partial charge is 0.253 e. The van der Waals surface area contributed by atoms with Gasteiger partial charge in [-0.2, -0.15) is 0 Å². The molecule has 2 heteroatoms. The number of amides is 1. The first-order valence-electron chi connectivity index (χ1n) is 8.42. The van der Waals surface area contributed by atoms with Crippen LogP contribution >= 0.6 is 0 Å². The monoisotopic (exact) mass is 289 g/mol. The van der Waals surface area contributed by atoms with Gasteiger partial charge in [0.05, 0.1) is 0 Å². The van der Waals surface area contributed by atoms with E-state index in [0.29, 0.717) is 5.92 Å². The van der Waals surface area contributed by atoms with Crippen molar-refractivity contribution in [2.45, 2.75) is 64.7 Å². The third kappa shape index (κ3) is 5.53. The highest BCUT2D eigenvalue weighted by Crippen LogP contribution is 2.29. The Kier molecular flexibility index (Phi) is 8.11. The second-order valence-electron chi connectivity index (χ2n) is 6.09. The van der Waals surface area contributed by atoms with Crippen molar-refractivity contribution in [1.82, 2.24) is 4.90 Å². The van der Waals surface area contributed by atoms with Gasteiger partial charge in [-0.3, -0.25) is 4.79 Å². The van der Waals surface area contributed by atoms with Gasteiger partial charge in [-0.25, -0.2) is 0 Å². The Morgan fingerprint density at radius 2 is 1.71 bits per heavy atom. The Bertz CT molecular complexity index is 425. The lowest BCUT2D eigenvalue weighted by molar-refractivity contribution is 0.0826. The molecule has 1 unspecified atom stereocenters. The van der Waals surface area contributed by atoms with Gasteiger partial charge in [-0.05, 0) is 30.4 Å². The normalized spacial score (nSPS) is 12.2. The molecule has 0 aromatic heterocycles. The molecule has 0 aliphatic carbocycles. The lowest BCUT2D eigenvalue weighted by Crippen LogP contribution is -2.23. The molecule has 1 amide bonds. The molecule has 0 saturated carbocycles. The van der Waals surface area contributed by atoms with Gasteiger partial charge in [0.15, 0.2) is 0 Å². The average molecular weight is 289 g/mol. The van der Waals surface area contributed by atoms with Crippen LogP contribution < -0.4 is 0 Å². The van der Waals surface area contributed by atoms with Crippen LogP contribution in [0, 0.1) is 0 Å². The van der Waals surface area contributed by atoms with Crippen LogP contribution in [0.5, 0.6) is 0 Å². The molecule has 0 radical (unpaired) electrons. The van der Waals surface area contributed by atoms with Crippen LogP contribution in [0.1, 0.15) is 80.6 Å². The number of carbonyl (C=O) groups excluding carboxylic acids is 1. The van der Waals surface area contributed by atoms with Gasteiger partial charge >= 0.3 is 0 Å². The van der Waals surface area contributed by atoms with Gasteiger partial charge < -0.3 is 4.90 Å². The maximum absolute atomic E-state index is 12.3. The molecule has 0 spiro atoms. The molecule has 1 aromatic carbocycles. The first-order valence-corrected chi connectivity index (χ1v) is 8.42. The molecule has 1 rings (SSSR count). The number of benzene rings is 1. The van der Waals surface area contributed by atoms with Crippen molar-refractivity contribution >= 4 is 5.91 Å². The van der Waals surface area contributed by atoms with Crippen molar-refractivity contribution in [1.29, 1.82) is 0 Å². The largest absolute Gasteiger partial charge is 0.345 e. The molecule has 0 saturated heterocycles. The average Bonchev–Trinajstić information content (AvgIpc) is 2.50. The topological polar surface area (TPSA) is 20.3 Å². The summed E-state index contributed by atoms with van der Waals surface area (Å²) < 4.78 is 0. The maximum atomic E-state index is 12.3. The summed E-state index contributed by atoms with van der Waals surface area (Å²) in [5, 5.41) is 0. The van der Waals surface area contributed by atoms with Crippen molar-refractivity contribution in [3.8, 4) is 0 Å². The van der Waals surface area contributed by atoms with E-state index in [1.54, 1.807) is 4.90 Å². The fourth-order valence-corrected chi connectivity index (χ4v) is 2.86. The number of rotatable bonds is 9. The highest BCUT2D eigenvalue weighted by Gasteiger charge is 2.18.